The first-order valence-electron chi connectivity index (χ1n) is 14.5. The zero-order valence-corrected chi connectivity index (χ0v) is 25.5. The van der Waals surface area contributed by atoms with Crippen LogP contribution in [0.4, 0.5) is 0 Å². The van der Waals surface area contributed by atoms with Gasteiger partial charge in [0.25, 0.3) is 0 Å². The van der Waals surface area contributed by atoms with Gasteiger partial charge in [-0.15, -0.1) is 0 Å². The molecule has 6 heteroatoms. The largest absolute Gasteiger partial charge is 0.355 e. The quantitative estimate of drug-likeness (QED) is 0.229. The molecule has 5 heterocycles. The predicted molar refractivity (Wildman–Crippen MR) is 173 cm³/mol. The van der Waals surface area contributed by atoms with Gasteiger partial charge in [0.1, 0.15) is 11.6 Å². The Kier molecular flexibility index (Phi) is 7.83. The number of aromatic nitrogens is 4. The highest BCUT2D eigenvalue weighted by atomic mass is 16.1. The molecule has 4 aromatic rings. The van der Waals surface area contributed by atoms with E-state index in [1.165, 1.54) is 0 Å². The molecule has 0 amide bonds. The lowest BCUT2D eigenvalue weighted by molar-refractivity contribution is -0.117. The summed E-state index contributed by atoms with van der Waals surface area (Å²) >= 11 is 0. The van der Waals surface area contributed by atoms with E-state index in [0.717, 1.165) is 88.7 Å². The third-order valence-corrected chi connectivity index (χ3v) is 8.65. The van der Waals surface area contributed by atoms with Crippen molar-refractivity contribution in [3.8, 4) is 0 Å². The molecule has 1 aliphatic heterocycles. The molecular formula is C36H40N4O2. The van der Waals surface area contributed by atoms with Crippen LogP contribution in [0.3, 0.4) is 0 Å². The van der Waals surface area contributed by atoms with Gasteiger partial charge in [-0.1, -0.05) is 25.3 Å². The Morgan fingerprint density at radius 2 is 1.07 bits per heavy atom. The fourth-order valence-electron chi connectivity index (χ4n) is 6.07. The summed E-state index contributed by atoms with van der Waals surface area (Å²) in [6.45, 7) is 19.9. The topological polar surface area (TPSA) is 97.3 Å². The molecular weight excluding hydrogens is 520 g/mol. The van der Waals surface area contributed by atoms with Crippen LogP contribution in [0.15, 0.2) is 13.2 Å². The van der Waals surface area contributed by atoms with E-state index in [0.29, 0.717) is 25.7 Å². The van der Waals surface area contributed by atoms with Crippen LogP contribution in [0.1, 0.15) is 94.0 Å². The first-order valence-corrected chi connectivity index (χ1v) is 14.5. The molecule has 1 aliphatic rings. The Hall–Kier alpha value is -4.58. The maximum Gasteiger partial charge on any atom is 0.130 e. The van der Waals surface area contributed by atoms with Crippen molar-refractivity contribution in [3.63, 3.8) is 0 Å². The number of ketones is 2. The minimum atomic E-state index is 0.161. The Morgan fingerprint density at radius 3 is 1.71 bits per heavy atom. The average molecular weight is 561 g/mol. The monoisotopic (exact) mass is 560 g/mol. The van der Waals surface area contributed by atoms with Crippen LogP contribution in [0, 0.1) is 27.7 Å². The van der Waals surface area contributed by atoms with Gasteiger partial charge < -0.3 is 29.5 Å². The predicted octanol–water partition coefficient (Wildman–Crippen LogP) is 4.19. The Bertz CT molecular complexity index is 2020. The second-order valence-corrected chi connectivity index (χ2v) is 11.5. The molecule has 4 N–H and O–H groups in total. The van der Waals surface area contributed by atoms with Crippen LogP contribution in [0.25, 0.3) is 36.5 Å². The van der Waals surface area contributed by atoms with Crippen molar-refractivity contribution >= 4 is 48.0 Å². The molecule has 0 fully saturated rings. The van der Waals surface area contributed by atoms with Gasteiger partial charge in [0, 0.05) is 68.1 Å². The maximum absolute atomic E-state index is 12.0. The fourth-order valence-corrected chi connectivity index (χ4v) is 6.07. The van der Waals surface area contributed by atoms with Crippen molar-refractivity contribution in [1.29, 1.82) is 0 Å². The molecule has 0 spiro atoms. The van der Waals surface area contributed by atoms with E-state index >= 15 is 0 Å². The number of hydrogen-bond acceptors (Lipinski definition) is 2. The fraction of sp³-hybridized carbons (Fsp3) is 0.278. The summed E-state index contributed by atoms with van der Waals surface area (Å²) in [5.74, 6) is 0.323. The third-order valence-electron chi connectivity index (χ3n) is 8.65. The zero-order valence-electron chi connectivity index (χ0n) is 25.5. The first-order chi connectivity index (χ1) is 20.0. The van der Waals surface area contributed by atoms with Gasteiger partial charge in [-0.2, -0.15) is 0 Å². The van der Waals surface area contributed by atoms with Gasteiger partial charge >= 0.3 is 0 Å². The van der Waals surface area contributed by atoms with E-state index in [1.807, 2.05) is 12.2 Å². The number of nitrogens with one attached hydrogen (secondary N) is 4. The summed E-state index contributed by atoms with van der Waals surface area (Å²) in [5.41, 5.74) is 12.7. The number of rotatable bonds is 8. The zero-order chi connectivity index (χ0) is 30.3. The smallest absolute Gasteiger partial charge is 0.130 e. The lowest BCUT2D eigenvalue weighted by atomic mass is 10.0. The molecule has 5 rings (SSSR count). The standard InChI is InChI=1S/C36H40N4O2/c1-9-25-21(5)29-15-30-23(7)27(13-11-19(3)41)35(39-30)18-36-28(14-12-20(4)42)24(8)32(40-36)17-34-26(10-2)22(6)31(38-34)16-33(25)37-29/h9-10,15-18,37-40H,1-2,11-14H2,3-8H3. The molecule has 42 heavy (non-hydrogen) atoms. The highest BCUT2D eigenvalue weighted by Crippen LogP contribution is 2.23. The molecule has 0 atom stereocenters. The molecule has 0 aliphatic carbocycles. The minimum absolute atomic E-state index is 0.161. The minimum Gasteiger partial charge on any atom is -0.355 e. The lowest BCUT2D eigenvalue weighted by Gasteiger charge is -2.02. The van der Waals surface area contributed by atoms with Gasteiger partial charge in [-0.25, -0.2) is 0 Å². The van der Waals surface area contributed by atoms with E-state index in [9.17, 15) is 9.59 Å². The molecule has 216 valence electrons. The average Bonchev–Trinajstić information content (AvgIpc) is 3.59. The number of carbonyl (C=O) groups is 2. The van der Waals surface area contributed by atoms with E-state index in [4.69, 9.17) is 0 Å². The van der Waals surface area contributed by atoms with Crippen LogP contribution in [-0.4, -0.2) is 31.5 Å². The molecule has 6 nitrogen and oxygen atoms in total. The Labute approximate surface area is 246 Å². The number of carbonyl (C=O) groups excluding carboxylic acids is 2. The van der Waals surface area contributed by atoms with E-state index < -0.39 is 0 Å². The molecule has 0 saturated carbocycles. The number of H-pyrrole nitrogens is 4. The highest BCUT2D eigenvalue weighted by Gasteiger charge is 2.16. The molecule has 0 unspecified atom stereocenters. The van der Waals surface area contributed by atoms with Crippen LogP contribution < -0.4 is 21.4 Å². The SMILES string of the molecule is C=Cc1c2[nH]c(c1C)C=c1[nH]c(c(CCC(C)=O)c1C)=Cc1[nH]c(c(C)c1CCC(C)=O)C=c1[nH]c(c(C)c1C=C)=C2. The van der Waals surface area contributed by atoms with Crippen molar-refractivity contribution in [2.45, 2.75) is 67.2 Å². The number of hydrogen-bond donors (Lipinski definition) is 4. The second-order valence-electron chi connectivity index (χ2n) is 11.5. The first kappa shape index (κ1) is 28.9. The number of Topliss-reactive ketones (excluding diaryl/α,β-unsaturated/α-hetero) is 2. The Balaban J connectivity index is 1.92. The number of aromatic amines is 4. The lowest BCUT2D eigenvalue weighted by Crippen LogP contribution is -2.13. The summed E-state index contributed by atoms with van der Waals surface area (Å²) in [7, 11) is 0. The summed E-state index contributed by atoms with van der Waals surface area (Å²) in [6, 6.07) is 0. The maximum atomic E-state index is 12.0. The molecule has 0 radical (unpaired) electrons. The molecule has 0 aromatic carbocycles. The van der Waals surface area contributed by atoms with Gasteiger partial charge in [-0.05, 0) is 112 Å². The van der Waals surface area contributed by atoms with Crippen LogP contribution >= 0.6 is 0 Å². The van der Waals surface area contributed by atoms with Gasteiger partial charge in [0.05, 0.1) is 0 Å². The summed E-state index contributed by atoms with van der Waals surface area (Å²) in [5, 5.41) is 3.92. The molecule has 0 saturated heterocycles. The normalized spacial score (nSPS) is 12.1. The molecule has 8 bridgehead atoms. The van der Waals surface area contributed by atoms with Gasteiger partial charge in [0.2, 0.25) is 0 Å². The third kappa shape index (κ3) is 5.25. The Morgan fingerprint density at radius 1 is 0.571 bits per heavy atom. The van der Waals surface area contributed by atoms with Gasteiger partial charge in [0.15, 0.2) is 0 Å². The van der Waals surface area contributed by atoms with Crippen molar-refractivity contribution in [2.24, 2.45) is 0 Å². The van der Waals surface area contributed by atoms with Crippen LogP contribution in [0.5, 0.6) is 0 Å². The summed E-state index contributed by atoms with van der Waals surface area (Å²) in [6.07, 6.45) is 14.6. The summed E-state index contributed by atoms with van der Waals surface area (Å²) in [4.78, 5) is 38.6. The van der Waals surface area contributed by atoms with Crippen molar-refractivity contribution in [3.05, 3.63) is 102 Å². The molecule has 4 aromatic heterocycles. The van der Waals surface area contributed by atoms with Crippen LogP contribution in [-0.2, 0) is 22.4 Å². The number of fused-ring (bicyclic) bond motifs is 8. The van der Waals surface area contributed by atoms with Crippen LogP contribution in [0.2, 0.25) is 0 Å². The summed E-state index contributed by atoms with van der Waals surface area (Å²) < 4.78 is 0. The highest BCUT2D eigenvalue weighted by molar-refractivity contribution is 5.77. The second kappa shape index (κ2) is 11.4. The van der Waals surface area contributed by atoms with Crippen molar-refractivity contribution in [2.75, 3.05) is 0 Å². The van der Waals surface area contributed by atoms with Gasteiger partial charge in [-0.3, -0.25) is 0 Å². The van der Waals surface area contributed by atoms with E-state index in [2.05, 4.69) is 85.1 Å². The van der Waals surface area contributed by atoms with E-state index in [1.54, 1.807) is 13.8 Å². The van der Waals surface area contributed by atoms with Crippen molar-refractivity contribution < 1.29 is 9.59 Å². The van der Waals surface area contributed by atoms with E-state index in [-0.39, 0.29) is 11.6 Å². The van der Waals surface area contributed by atoms with Crippen molar-refractivity contribution in [1.82, 2.24) is 19.9 Å².